The van der Waals surface area contributed by atoms with Crippen LogP contribution < -0.4 is 5.32 Å². The molecule has 0 saturated carbocycles. The minimum absolute atomic E-state index is 0.306. The van der Waals surface area contributed by atoms with E-state index >= 15 is 0 Å². The molecule has 1 aromatic heterocycles. The third-order valence-electron chi connectivity index (χ3n) is 1.85. The summed E-state index contributed by atoms with van der Waals surface area (Å²) >= 11 is 0. The molecular formula is C9H9FN2O. The van der Waals surface area contributed by atoms with Crippen LogP contribution in [0, 0.1) is 5.82 Å². The summed E-state index contributed by atoms with van der Waals surface area (Å²) in [6.07, 6.45) is 0. The summed E-state index contributed by atoms with van der Waals surface area (Å²) in [5.41, 5.74) is 1.29. The lowest BCUT2D eigenvalue weighted by atomic mass is 10.2. The van der Waals surface area contributed by atoms with E-state index in [-0.39, 0.29) is 5.82 Å². The molecule has 0 saturated heterocycles. The molecule has 68 valence electrons. The predicted molar refractivity (Wildman–Crippen MR) is 46.7 cm³/mol. The number of fused-ring (bicyclic) bond motifs is 1. The van der Waals surface area contributed by atoms with E-state index < -0.39 is 0 Å². The SMILES string of the molecule is CNCc1noc2cc(F)ccc12. The van der Waals surface area contributed by atoms with Crippen LogP contribution in [0.1, 0.15) is 5.69 Å². The van der Waals surface area contributed by atoms with Crippen molar-refractivity contribution < 1.29 is 8.91 Å². The van der Waals surface area contributed by atoms with Gasteiger partial charge in [-0.2, -0.15) is 0 Å². The first kappa shape index (κ1) is 8.19. The molecule has 2 rings (SSSR count). The summed E-state index contributed by atoms with van der Waals surface area (Å²) in [5, 5.41) is 7.64. The Bertz CT molecular complexity index is 424. The third kappa shape index (κ3) is 1.40. The summed E-state index contributed by atoms with van der Waals surface area (Å²) in [7, 11) is 1.82. The van der Waals surface area contributed by atoms with Crippen LogP contribution >= 0.6 is 0 Å². The van der Waals surface area contributed by atoms with Gasteiger partial charge in [0.05, 0.1) is 0 Å². The van der Waals surface area contributed by atoms with Gasteiger partial charge in [0.1, 0.15) is 11.5 Å². The van der Waals surface area contributed by atoms with E-state index in [1.54, 1.807) is 6.07 Å². The molecule has 13 heavy (non-hydrogen) atoms. The summed E-state index contributed by atoms with van der Waals surface area (Å²) in [5.74, 6) is -0.306. The van der Waals surface area contributed by atoms with Crippen LogP contribution in [0.25, 0.3) is 11.0 Å². The highest BCUT2D eigenvalue weighted by atomic mass is 19.1. The van der Waals surface area contributed by atoms with E-state index in [1.807, 2.05) is 7.05 Å². The normalized spacial score (nSPS) is 10.9. The second-order valence-corrected chi connectivity index (χ2v) is 2.80. The quantitative estimate of drug-likeness (QED) is 0.764. The molecule has 0 aliphatic heterocycles. The smallest absolute Gasteiger partial charge is 0.170 e. The molecule has 1 heterocycles. The Morgan fingerprint density at radius 2 is 2.38 bits per heavy atom. The van der Waals surface area contributed by atoms with Gasteiger partial charge in [0.25, 0.3) is 0 Å². The number of hydrogen-bond donors (Lipinski definition) is 1. The first-order valence-corrected chi connectivity index (χ1v) is 3.99. The van der Waals surface area contributed by atoms with E-state index in [1.165, 1.54) is 12.1 Å². The number of hydrogen-bond acceptors (Lipinski definition) is 3. The van der Waals surface area contributed by atoms with Crippen LogP contribution in [-0.2, 0) is 6.54 Å². The zero-order valence-electron chi connectivity index (χ0n) is 7.17. The summed E-state index contributed by atoms with van der Waals surface area (Å²) in [6, 6.07) is 4.41. The molecule has 0 unspecified atom stereocenters. The average Bonchev–Trinajstić information content (AvgIpc) is 2.49. The second kappa shape index (κ2) is 3.14. The molecule has 0 aliphatic carbocycles. The van der Waals surface area contributed by atoms with Crippen molar-refractivity contribution in [3.8, 4) is 0 Å². The van der Waals surface area contributed by atoms with Gasteiger partial charge >= 0.3 is 0 Å². The number of rotatable bonds is 2. The predicted octanol–water partition coefficient (Wildman–Crippen LogP) is 1.69. The number of benzene rings is 1. The van der Waals surface area contributed by atoms with Gasteiger partial charge in [0, 0.05) is 18.0 Å². The minimum atomic E-state index is -0.306. The highest BCUT2D eigenvalue weighted by Gasteiger charge is 2.07. The molecule has 0 spiro atoms. The summed E-state index contributed by atoms with van der Waals surface area (Å²) < 4.78 is 17.7. The number of nitrogens with one attached hydrogen (secondary N) is 1. The maximum atomic E-state index is 12.7. The van der Waals surface area contributed by atoms with Gasteiger partial charge in [-0.1, -0.05) is 5.16 Å². The van der Waals surface area contributed by atoms with Crippen LogP contribution in [0.15, 0.2) is 22.7 Å². The zero-order chi connectivity index (χ0) is 9.26. The van der Waals surface area contributed by atoms with Gasteiger partial charge in [-0.05, 0) is 19.2 Å². The molecule has 0 amide bonds. The molecule has 1 aromatic carbocycles. The molecule has 0 bridgehead atoms. The molecule has 0 aliphatic rings. The monoisotopic (exact) mass is 180 g/mol. The number of halogens is 1. The lowest BCUT2D eigenvalue weighted by Crippen LogP contribution is -2.05. The zero-order valence-corrected chi connectivity index (χ0v) is 7.17. The molecule has 3 nitrogen and oxygen atoms in total. The van der Waals surface area contributed by atoms with Gasteiger partial charge in [-0.25, -0.2) is 4.39 Å². The van der Waals surface area contributed by atoms with E-state index in [2.05, 4.69) is 10.5 Å². The molecule has 0 radical (unpaired) electrons. The van der Waals surface area contributed by atoms with Crippen molar-refractivity contribution >= 4 is 11.0 Å². The summed E-state index contributed by atoms with van der Waals surface area (Å²) in [6.45, 7) is 0.624. The van der Waals surface area contributed by atoms with Crippen LogP contribution in [0.4, 0.5) is 4.39 Å². The van der Waals surface area contributed by atoms with Gasteiger partial charge in [-0.3, -0.25) is 0 Å². The van der Waals surface area contributed by atoms with Crippen molar-refractivity contribution in [3.63, 3.8) is 0 Å². The van der Waals surface area contributed by atoms with E-state index in [9.17, 15) is 4.39 Å². The highest BCUT2D eigenvalue weighted by molar-refractivity contribution is 5.79. The van der Waals surface area contributed by atoms with Gasteiger partial charge in [0.15, 0.2) is 5.58 Å². The molecule has 1 N–H and O–H groups in total. The fraction of sp³-hybridized carbons (Fsp3) is 0.222. The van der Waals surface area contributed by atoms with Crippen LogP contribution in [0.3, 0.4) is 0 Å². The van der Waals surface area contributed by atoms with Crippen molar-refractivity contribution in [3.05, 3.63) is 29.7 Å². The number of nitrogens with zero attached hydrogens (tertiary/aromatic N) is 1. The molecule has 4 heteroatoms. The maximum Gasteiger partial charge on any atom is 0.170 e. The van der Waals surface area contributed by atoms with Gasteiger partial charge in [0.2, 0.25) is 0 Å². The fourth-order valence-electron chi connectivity index (χ4n) is 1.26. The first-order valence-electron chi connectivity index (χ1n) is 3.99. The van der Waals surface area contributed by atoms with E-state index in [0.717, 1.165) is 11.1 Å². The van der Waals surface area contributed by atoms with Crippen molar-refractivity contribution in [2.75, 3.05) is 7.05 Å². The Morgan fingerprint density at radius 1 is 1.54 bits per heavy atom. The minimum Gasteiger partial charge on any atom is -0.356 e. The van der Waals surface area contributed by atoms with E-state index in [0.29, 0.717) is 12.1 Å². The molecular weight excluding hydrogens is 171 g/mol. The standard InChI is InChI=1S/C9H9FN2O/c1-11-5-8-7-3-2-6(10)4-9(7)13-12-8/h2-4,11H,5H2,1H3. The molecule has 0 atom stereocenters. The lowest BCUT2D eigenvalue weighted by molar-refractivity contribution is 0.442. The lowest BCUT2D eigenvalue weighted by Gasteiger charge is -1.92. The van der Waals surface area contributed by atoms with Gasteiger partial charge in [-0.15, -0.1) is 0 Å². The van der Waals surface area contributed by atoms with Crippen LogP contribution in [0.5, 0.6) is 0 Å². The van der Waals surface area contributed by atoms with Crippen LogP contribution in [0.2, 0.25) is 0 Å². The fourth-order valence-corrected chi connectivity index (χ4v) is 1.26. The van der Waals surface area contributed by atoms with Crippen molar-refractivity contribution in [1.82, 2.24) is 10.5 Å². The largest absolute Gasteiger partial charge is 0.356 e. The van der Waals surface area contributed by atoms with Crippen molar-refractivity contribution in [2.24, 2.45) is 0 Å². The molecule has 2 aromatic rings. The van der Waals surface area contributed by atoms with Crippen LogP contribution in [-0.4, -0.2) is 12.2 Å². The second-order valence-electron chi connectivity index (χ2n) is 2.80. The average molecular weight is 180 g/mol. The maximum absolute atomic E-state index is 12.7. The van der Waals surface area contributed by atoms with Gasteiger partial charge < -0.3 is 9.84 Å². The Kier molecular flexibility index (Phi) is 1.98. The van der Waals surface area contributed by atoms with Crippen molar-refractivity contribution in [1.29, 1.82) is 0 Å². The Balaban J connectivity index is 2.55. The summed E-state index contributed by atoms with van der Waals surface area (Å²) in [4.78, 5) is 0. The Morgan fingerprint density at radius 3 is 3.15 bits per heavy atom. The number of aromatic nitrogens is 1. The molecule has 0 fully saturated rings. The Hall–Kier alpha value is -1.42. The topological polar surface area (TPSA) is 38.1 Å². The van der Waals surface area contributed by atoms with Crippen molar-refractivity contribution in [2.45, 2.75) is 6.54 Å². The third-order valence-corrected chi connectivity index (χ3v) is 1.85. The Labute approximate surface area is 74.5 Å². The van der Waals surface area contributed by atoms with E-state index in [4.69, 9.17) is 4.52 Å². The highest BCUT2D eigenvalue weighted by Crippen LogP contribution is 2.18. The first-order chi connectivity index (χ1) is 6.31.